The van der Waals surface area contributed by atoms with Gasteiger partial charge in [-0.2, -0.15) is 4.98 Å². The van der Waals surface area contributed by atoms with E-state index in [0.717, 1.165) is 35.8 Å². The summed E-state index contributed by atoms with van der Waals surface area (Å²) < 4.78 is 10.1. The van der Waals surface area contributed by atoms with E-state index in [0.29, 0.717) is 18.7 Å². The van der Waals surface area contributed by atoms with E-state index < -0.39 is 11.2 Å². The van der Waals surface area contributed by atoms with Crippen molar-refractivity contribution in [3.05, 3.63) is 68.4 Å². The number of ketones is 1. The lowest BCUT2D eigenvalue weighted by molar-refractivity contribution is 0.0969. The third-order valence-electron chi connectivity index (χ3n) is 6.67. The van der Waals surface area contributed by atoms with Gasteiger partial charge in [0.15, 0.2) is 16.9 Å². The van der Waals surface area contributed by atoms with Crippen LogP contribution in [0.1, 0.15) is 49.9 Å². The molecule has 2 atom stereocenters. The number of Topliss-reactive ketones (excluding diaryl/α,β-unsaturated/α-hetero) is 1. The molecule has 2 aromatic heterocycles. The Balaban J connectivity index is 1.77. The zero-order chi connectivity index (χ0) is 25.1. The van der Waals surface area contributed by atoms with Crippen LogP contribution in [0.25, 0.3) is 11.2 Å². The molecule has 1 aliphatic rings. The number of hydrogen-bond donors (Lipinski definition) is 1. The largest absolute Gasteiger partial charge is 0.464 e. The van der Waals surface area contributed by atoms with E-state index in [1.807, 2.05) is 19.9 Å². The predicted molar refractivity (Wildman–Crippen MR) is 135 cm³/mol. The average molecular weight is 480 g/mol. The third kappa shape index (κ3) is 5.14. The van der Waals surface area contributed by atoms with E-state index in [1.54, 1.807) is 41.9 Å². The molecule has 2 N–H and O–H groups in total. The number of imidazole rings is 1. The van der Waals surface area contributed by atoms with Crippen molar-refractivity contribution >= 4 is 16.9 Å². The van der Waals surface area contributed by atoms with E-state index >= 15 is 0 Å². The van der Waals surface area contributed by atoms with Crippen LogP contribution < -0.4 is 21.7 Å². The third-order valence-corrected chi connectivity index (χ3v) is 6.67. The average Bonchev–Trinajstić information content (AvgIpc) is 3.22. The van der Waals surface area contributed by atoms with Crippen LogP contribution in [0.15, 0.2) is 51.6 Å². The molecule has 1 saturated carbocycles. The van der Waals surface area contributed by atoms with Gasteiger partial charge in [-0.1, -0.05) is 54.8 Å². The number of carbonyl (C=O) groups is 1. The highest BCUT2D eigenvalue weighted by Crippen LogP contribution is 2.25. The van der Waals surface area contributed by atoms with Gasteiger partial charge in [0.25, 0.3) is 11.6 Å². The molecular formula is C26H33N5O4. The Labute approximate surface area is 203 Å². The van der Waals surface area contributed by atoms with Gasteiger partial charge < -0.3 is 10.5 Å². The van der Waals surface area contributed by atoms with Crippen molar-refractivity contribution in [2.45, 2.75) is 58.7 Å². The van der Waals surface area contributed by atoms with E-state index in [1.165, 1.54) is 4.57 Å². The number of aromatic nitrogens is 4. The molecule has 9 heteroatoms. The van der Waals surface area contributed by atoms with Crippen LogP contribution in [0.4, 0.5) is 0 Å². The first-order chi connectivity index (χ1) is 16.8. The fourth-order valence-corrected chi connectivity index (χ4v) is 4.53. The minimum absolute atomic E-state index is 0.0740. The summed E-state index contributed by atoms with van der Waals surface area (Å²) in [4.78, 5) is 43.9. The lowest BCUT2D eigenvalue weighted by Gasteiger charge is -2.28. The second-order valence-electron chi connectivity index (χ2n) is 9.50. The number of allylic oxidation sites excluding steroid dienone is 2. The number of fused-ring (bicyclic) bond motifs is 1. The first kappa shape index (κ1) is 24.7. The van der Waals surface area contributed by atoms with Gasteiger partial charge in [-0.15, -0.1) is 0 Å². The summed E-state index contributed by atoms with van der Waals surface area (Å²) in [7, 11) is 1.55. The first-order valence-electron chi connectivity index (χ1n) is 12.1. The van der Waals surface area contributed by atoms with Crippen molar-refractivity contribution < 1.29 is 9.53 Å². The number of rotatable bonds is 8. The van der Waals surface area contributed by atoms with Gasteiger partial charge in [-0.25, -0.2) is 4.79 Å². The molecule has 1 aromatic carbocycles. The zero-order valence-electron chi connectivity index (χ0n) is 20.6. The quantitative estimate of drug-likeness (QED) is 0.392. The van der Waals surface area contributed by atoms with Crippen molar-refractivity contribution in [2.75, 3.05) is 6.61 Å². The number of nitrogens with two attached hydrogens (primary N) is 1. The van der Waals surface area contributed by atoms with Crippen molar-refractivity contribution in [1.29, 1.82) is 0 Å². The van der Waals surface area contributed by atoms with Gasteiger partial charge in [0.05, 0.1) is 13.2 Å². The maximum absolute atomic E-state index is 13.5. The topological polar surface area (TPSA) is 114 Å². The summed E-state index contributed by atoms with van der Waals surface area (Å²) in [5.74, 6) is -0.105. The van der Waals surface area contributed by atoms with Crippen molar-refractivity contribution in [1.82, 2.24) is 18.7 Å². The summed E-state index contributed by atoms with van der Waals surface area (Å²) in [5.41, 5.74) is 7.09. The molecule has 0 radical (unpaired) electrons. The molecular weight excluding hydrogens is 446 g/mol. The molecule has 4 rings (SSSR count). The Morgan fingerprint density at radius 1 is 1.14 bits per heavy atom. The van der Waals surface area contributed by atoms with Crippen LogP contribution in [0.3, 0.4) is 0 Å². The van der Waals surface area contributed by atoms with Gasteiger partial charge in [-0.05, 0) is 26.7 Å². The number of hydrogen-bond acceptors (Lipinski definition) is 6. The Bertz CT molecular complexity index is 1360. The van der Waals surface area contributed by atoms with E-state index in [9.17, 15) is 14.4 Å². The SMILES string of the molecule is CC(C)=CCn1c(OC[C@@H]2CCCC[C@@H]2N)nc2c1c(=O)n(CC(=O)c1ccccc1)c(=O)n2C. The first-order valence-corrected chi connectivity index (χ1v) is 12.1. The van der Waals surface area contributed by atoms with Gasteiger partial charge in [0.1, 0.15) is 0 Å². The van der Waals surface area contributed by atoms with Crippen LogP contribution >= 0.6 is 0 Å². The van der Waals surface area contributed by atoms with Gasteiger partial charge in [0.2, 0.25) is 0 Å². The molecule has 0 bridgehead atoms. The van der Waals surface area contributed by atoms with Crippen LogP contribution in [-0.2, 0) is 20.1 Å². The maximum Gasteiger partial charge on any atom is 0.332 e. The maximum atomic E-state index is 13.5. The molecule has 9 nitrogen and oxygen atoms in total. The Hall–Kier alpha value is -3.46. The number of aryl methyl sites for hydroxylation is 1. The minimum atomic E-state index is -0.598. The number of benzene rings is 1. The molecule has 0 saturated heterocycles. The van der Waals surface area contributed by atoms with Crippen molar-refractivity contribution in [3.8, 4) is 6.01 Å². The van der Waals surface area contributed by atoms with Crippen molar-refractivity contribution in [2.24, 2.45) is 18.7 Å². The van der Waals surface area contributed by atoms with E-state index in [-0.39, 0.29) is 41.5 Å². The standard InChI is InChI=1S/C26H33N5O4/c1-17(2)13-14-30-22-23(28-25(30)35-16-19-11-7-8-12-20(19)27)29(3)26(34)31(24(22)33)15-21(32)18-9-5-4-6-10-18/h4-6,9-10,13,19-20H,7-8,11-12,14-16,27H2,1-3H3/t19-,20-/m0/s1. The second-order valence-corrected chi connectivity index (χ2v) is 9.50. The normalized spacial score (nSPS) is 17.9. The highest BCUT2D eigenvalue weighted by atomic mass is 16.5. The van der Waals surface area contributed by atoms with Gasteiger partial charge >= 0.3 is 5.69 Å². The molecule has 1 aliphatic carbocycles. The minimum Gasteiger partial charge on any atom is -0.464 e. The molecule has 35 heavy (non-hydrogen) atoms. The van der Waals surface area contributed by atoms with Crippen LogP contribution in [0.5, 0.6) is 6.01 Å². The predicted octanol–water partition coefficient (Wildman–Crippen LogP) is 2.64. The molecule has 0 spiro atoms. The molecule has 0 unspecified atom stereocenters. The molecule has 0 aliphatic heterocycles. The molecule has 1 fully saturated rings. The lowest BCUT2D eigenvalue weighted by Crippen LogP contribution is -2.41. The van der Waals surface area contributed by atoms with Crippen LogP contribution in [0.2, 0.25) is 0 Å². The summed E-state index contributed by atoms with van der Waals surface area (Å²) in [6.07, 6.45) is 6.16. The van der Waals surface area contributed by atoms with Gasteiger partial charge in [0, 0.05) is 31.1 Å². The number of carbonyl (C=O) groups excluding carboxylic acids is 1. The monoisotopic (exact) mass is 479 g/mol. The molecule has 0 amide bonds. The Morgan fingerprint density at radius 3 is 2.54 bits per heavy atom. The fourth-order valence-electron chi connectivity index (χ4n) is 4.53. The van der Waals surface area contributed by atoms with Crippen LogP contribution in [-0.4, -0.2) is 37.1 Å². The molecule has 2 heterocycles. The molecule has 3 aromatic rings. The van der Waals surface area contributed by atoms with E-state index in [2.05, 4.69) is 4.98 Å². The molecule has 186 valence electrons. The van der Waals surface area contributed by atoms with Gasteiger partial charge in [-0.3, -0.25) is 23.3 Å². The number of nitrogens with zero attached hydrogens (tertiary/aromatic N) is 4. The smallest absolute Gasteiger partial charge is 0.332 e. The van der Waals surface area contributed by atoms with E-state index in [4.69, 9.17) is 10.5 Å². The number of ether oxygens (including phenoxy) is 1. The summed E-state index contributed by atoms with van der Waals surface area (Å²) in [6, 6.07) is 8.97. The second kappa shape index (κ2) is 10.4. The zero-order valence-corrected chi connectivity index (χ0v) is 20.6. The summed E-state index contributed by atoms with van der Waals surface area (Å²) in [6.45, 7) is 4.33. The Morgan fingerprint density at radius 2 is 1.86 bits per heavy atom. The van der Waals surface area contributed by atoms with Crippen LogP contribution in [0, 0.1) is 5.92 Å². The lowest BCUT2D eigenvalue weighted by atomic mass is 9.86. The summed E-state index contributed by atoms with van der Waals surface area (Å²) in [5, 5.41) is 0. The summed E-state index contributed by atoms with van der Waals surface area (Å²) >= 11 is 0. The van der Waals surface area contributed by atoms with Crippen molar-refractivity contribution in [3.63, 3.8) is 0 Å². The fraction of sp³-hybridized carbons (Fsp3) is 0.462. The Kier molecular flexibility index (Phi) is 7.35. The highest BCUT2D eigenvalue weighted by molar-refractivity contribution is 5.95. The highest BCUT2D eigenvalue weighted by Gasteiger charge is 2.25.